The van der Waals surface area contributed by atoms with E-state index in [1.54, 1.807) is 27.4 Å². The van der Waals surface area contributed by atoms with Gasteiger partial charge in [0.2, 0.25) is 5.75 Å². The highest BCUT2D eigenvalue weighted by Crippen LogP contribution is 2.47. The molecule has 20 heavy (non-hydrogen) atoms. The summed E-state index contributed by atoms with van der Waals surface area (Å²) in [6, 6.07) is 1.75. The molecule has 1 rings (SSSR count). The van der Waals surface area contributed by atoms with Crippen molar-refractivity contribution >= 4 is 15.9 Å². The van der Waals surface area contributed by atoms with Crippen LogP contribution in [0.4, 0.5) is 0 Å². The second-order valence-electron chi connectivity index (χ2n) is 4.63. The minimum Gasteiger partial charge on any atom is -0.493 e. The number of aliphatic hydroxyl groups excluding tert-OH is 1. The molecule has 0 aliphatic carbocycles. The van der Waals surface area contributed by atoms with Crippen LogP contribution in [0.25, 0.3) is 0 Å². The van der Waals surface area contributed by atoms with Crippen molar-refractivity contribution in [1.82, 2.24) is 0 Å². The maximum atomic E-state index is 10.5. The molecule has 0 amide bonds. The minimum atomic E-state index is -0.712. The van der Waals surface area contributed by atoms with Crippen LogP contribution in [0.3, 0.4) is 0 Å². The first kappa shape index (κ1) is 16.9. The predicted molar refractivity (Wildman–Crippen MR) is 82.7 cm³/mol. The average molecular weight is 345 g/mol. The molecular formula is C15H21BrO4. The van der Waals surface area contributed by atoms with Gasteiger partial charge in [0.05, 0.1) is 31.9 Å². The van der Waals surface area contributed by atoms with Crippen molar-refractivity contribution < 1.29 is 19.3 Å². The van der Waals surface area contributed by atoms with E-state index in [0.717, 1.165) is 5.57 Å². The molecule has 0 heterocycles. The van der Waals surface area contributed by atoms with Crippen LogP contribution in [-0.4, -0.2) is 26.4 Å². The van der Waals surface area contributed by atoms with Gasteiger partial charge in [0.15, 0.2) is 11.5 Å². The van der Waals surface area contributed by atoms with Gasteiger partial charge in [0.25, 0.3) is 0 Å². The highest BCUT2D eigenvalue weighted by molar-refractivity contribution is 9.10. The number of methoxy groups -OCH3 is 3. The van der Waals surface area contributed by atoms with Gasteiger partial charge in [0, 0.05) is 11.5 Å². The van der Waals surface area contributed by atoms with Gasteiger partial charge in [0.1, 0.15) is 0 Å². The first-order chi connectivity index (χ1) is 9.38. The van der Waals surface area contributed by atoms with E-state index in [0.29, 0.717) is 27.3 Å². The van der Waals surface area contributed by atoms with Gasteiger partial charge in [-0.3, -0.25) is 0 Å². The van der Waals surface area contributed by atoms with Gasteiger partial charge in [-0.15, -0.1) is 0 Å². The zero-order valence-electron chi connectivity index (χ0n) is 12.5. The van der Waals surface area contributed by atoms with Gasteiger partial charge >= 0.3 is 0 Å². The molecule has 0 saturated heterocycles. The van der Waals surface area contributed by atoms with Crippen LogP contribution in [-0.2, 0) is 0 Å². The number of aliphatic hydroxyl groups is 1. The zero-order valence-corrected chi connectivity index (χ0v) is 14.1. The summed E-state index contributed by atoms with van der Waals surface area (Å²) < 4.78 is 16.6. The molecule has 0 unspecified atom stereocenters. The fraction of sp³-hybridized carbons (Fsp3) is 0.467. The lowest BCUT2D eigenvalue weighted by molar-refractivity contribution is 0.133. The van der Waals surface area contributed by atoms with Crippen molar-refractivity contribution in [2.45, 2.75) is 20.0 Å². The summed E-state index contributed by atoms with van der Waals surface area (Å²) in [4.78, 5) is 0. The molecule has 0 aliphatic heterocycles. The summed E-state index contributed by atoms with van der Waals surface area (Å²) >= 11 is 3.46. The van der Waals surface area contributed by atoms with E-state index in [-0.39, 0.29) is 5.92 Å². The third kappa shape index (κ3) is 3.10. The summed E-state index contributed by atoms with van der Waals surface area (Å²) in [7, 11) is 4.63. The molecule has 5 heteroatoms. The zero-order chi connectivity index (χ0) is 15.4. The fourth-order valence-electron chi connectivity index (χ4n) is 1.89. The second kappa shape index (κ2) is 6.99. The maximum Gasteiger partial charge on any atom is 0.204 e. The second-order valence-corrected chi connectivity index (χ2v) is 5.42. The molecule has 1 N–H and O–H groups in total. The van der Waals surface area contributed by atoms with E-state index >= 15 is 0 Å². The summed E-state index contributed by atoms with van der Waals surface area (Å²) in [6.45, 7) is 7.70. The van der Waals surface area contributed by atoms with E-state index in [9.17, 15) is 5.11 Å². The van der Waals surface area contributed by atoms with Gasteiger partial charge in [-0.1, -0.05) is 19.1 Å². The normalized spacial score (nSPS) is 13.6. The lowest BCUT2D eigenvalue weighted by Gasteiger charge is -2.23. The first-order valence-corrected chi connectivity index (χ1v) is 7.00. The number of halogens is 1. The largest absolute Gasteiger partial charge is 0.493 e. The molecule has 0 spiro atoms. The van der Waals surface area contributed by atoms with Crippen molar-refractivity contribution in [1.29, 1.82) is 0 Å². The highest BCUT2D eigenvalue weighted by Gasteiger charge is 2.26. The van der Waals surface area contributed by atoms with Crippen molar-refractivity contribution in [2.24, 2.45) is 5.92 Å². The fourth-order valence-corrected chi connectivity index (χ4v) is 2.59. The van der Waals surface area contributed by atoms with Crippen LogP contribution in [0.15, 0.2) is 22.7 Å². The summed E-state index contributed by atoms with van der Waals surface area (Å²) in [5.74, 6) is 1.40. The Hall–Kier alpha value is -1.20. The Morgan fingerprint density at radius 1 is 1.20 bits per heavy atom. The Labute approximate surface area is 128 Å². The van der Waals surface area contributed by atoms with Crippen LogP contribution in [0.2, 0.25) is 0 Å². The smallest absolute Gasteiger partial charge is 0.204 e. The topological polar surface area (TPSA) is 47.9 Å². The Bertz CT molecular complexity index is 499. The molecule has 2 atom stereocenters. The lowest BCUT2D eigenvalue weighted by atomic mass is 9.92. The lowest BCUT2D eigenvalue weighted by Crippen LogP contribution is -2.11. The summed E-state index contributed by atoms with van der Waals surface area (Å²) in [5, 5.41) is 10.5. The molecule has 4 nitrogen and oxygen atoms in total. The number of ether oxygens (including phenoxy) is 3. The molecule has 0 fully saturated rings. The molecule has 112 valence electrons. The third-order valence-corrected chi connectivity index (χ3v) is 4.19. The Morgan fingerprint density at radius 3 is 2.15 bits per heavy atom. The van der Waals surface area contributed by atoms with Gasteiger partial charge < -0.3 is 19.3 Å². The Balaban J connectivity index is 3.45. The number of hydrogen-bond donors (Lipinski definition) is 1. The molecule has 0 aliphatic rings. The number of hydrogen-bond acceptors (Lipinski definition) is 4. The quantitative estimate of drug-likeness (QED) is 0.799. The van der Waals surface area contributed by atoms with Crippen molar-refractivity contribution in [3.63, 3.8) is 0 Å². The van der Waals surface area contributed by atoms with Crippen LogP contribution in [0.5, 0.6) is 17.2 Å². The molecule has 1 aromatic rings. The van der Waals surface area contributed by atoms with E-state index in [4.69, 9.17) is 14.2 Å². The van der Waals surface area contributed by atoms with E-state index in [1.165, 1.54) is 0 Å². The molecule has 1 aromatic carbocycles. The highest BCUT2D eigenvalue weighted by atomic mass is 79.9. The molecule has 0 saturated carbocycles. The van der Waals surface area contributed by atoms with Crippen molar-refractivity contribution in [3.8, 4) is 17.2 Å². The van der Waals surface area contributed by atoms with E-state index in [2.05, 4.69) is 22.5 Å². The maximum absolute atomic E-state index is 10.5. The van der Waals surface area contributed by atoms with Crippen LogP contribution in [0.1, 0.15) is 25.5 Å². The van der Waals surface area contributed by atoms with Crippen molar-refractivity contribution in [3.05, 3.63) is 28.3 Å². The Morgan fingerprint density at radius 2 is 1.75 bits per heavy atom. The molecule has 0 aromatic heterocycles. The first-order valence-electron chi connectivity index (χ1n) is 6.20. The van der Waals surface area contributed by atoms with Gasteiger partial charge in [-0.05, 0) is 28.9 Å². The third-order valence-electron chi connectivity index (χ3n) is 3.37. The predicted octanol–water partition coefficient (Wildman–Crippen LogP) is 3.72. The van der Waals surface area contributed by atoms with Crippen LogP contribution >= 0.6 is 15.9 Å². The number of rotatable bonds is 6. The molecule has 0 radical (unpaired) electrons. The number of benzene rings is 1. The van der Waals surface area contributed by atoms with Crippen molar-refractivity contribution in [2.75, 3.05) is 21.3 Å². The summed E-state index contributed by atoms with van der Waals surface area (Å²) in [5.41, 5.74) is 1.58. The SMILES string of the molecule is C=C(C)[C@H](C)[C@@H](O)c1cc(OC)c(OC)c(OC)c1Br. The minimum absolute atomic E-state index is 0.0888. The van der Waals surface area contributed by atoms with E-state index in [1.807, 2.05) is 13.8 Å². The standard InChI is InChI=1S/C15H21BrO4/c1-8(2)9(3)13(17)10-7-11(18-4)14(19-5)15(20-6)12(10)16/h7,9,13,17H,1H2,2-6H3/t9-,13+/m0/s1. The Kier molecular flexibility index (Phi) is 5.89. The van der Waals surface area contributed by atoms with E-state index < -0.39 is 6.10 Å². The van der Waals surface area contributed by atoms with Crippen LogP contribution < -0.4 is 14.2 Å². The molecule has 0 bridgehead atoms. The average Bonchev–Trinajstić information content (AvgIpc) is 2.44. The molecular weight excluding hydrogens is 324 g/mol. The monoisotopic (exact) mass is 344 g/mol. The van der Waals surface area contributed by atoms with Gasteiger partial charge in [-0.25, -0.2) is 0 Å². The van der Waals surface area contributed by atoms with Crippen LogP contribution in [0, 0.1) is 5.92 Å². The van der Waals surface area contributed by atoms with Gasteiger partial charge in [-0.2, -0.15) is 0 Å². The summed E-state index contributed by atoms with van der Waals surface area (Å²) in [6.07, 6.45) is -0.712.